The van der Waals surface area contributed by atoms with Crippen LogP contribution in [0.2, 0.25) is 0 Å². The fourth-order valence-corrected chi connectivity index (χ4v) is 2.52. The van der Waals surface area contributed by atoms with Crippen LogP contribution in [0.3, 0.4) is 0 Å². The van der Waals surface area contributed by atoms with Crippen LogP contribution in [0.25, 0.3) is 0 Å². The van der Waals surface area contributed by atoms with Crippen LogP contribution in [0.15, 0.2) is 0 Å². The predicted octanol–water partition coefficient (Wildman–Crippen LogP) is 3.64. The van der Waals surface area contributed by atoms with Crippen molar-refractivity contribution in [1.29, 1.82) is 0 Å². The Morgan fingerprint density at radius 1 is 1.27 bits per heavy atom. The lowest BCUT2D eigenvalue weighted by atomic mass is 9.92. The Bertz CT molecular complexity index is 201. The number of alkyl halides is 1. The minimum Gasteiger partial charge on any atom is -0.306 e. The van der Waals surface area contributed by atoms with E-state index in [1.165, 1.54) is 19.3 Å². The van der Waals surface area contributed by atoms with Gasteiger partial charge < -0.3 is 4.90 Å². The molecule has 1 aliphatic carbocycles. The molecule has 0 amide bonds. The van der Waals surface area contributed by atoms with Gasteiger partial charge in [-0.05, 0) is 39.8 Å². The van der Waals surface area contributed by atoms with Crippen LogP contribution in [-0.4, -0.2) is 30.7 Å². The summed E-state index contributed by atoms with van der Waals surface area (Å²) in [4.78, 5) is 2.26. The molecule has 2 aliphatic rings. The molecule has 1 aliphatic heterocycles. The van der Waals surface area contributed by atoms with E-state index in [0.29, 0.717) is 0 Å². The number of nitrogens with zero attached hydrogens (tertiary/aromatic N) is 1. The van der Waals surface area contributed by atoms with Gasteiger partial charge in [-0.25, -0.2) is 4.39 Å². The van der Waals surface area contributed by atoms with Crippen molar-refractivity contribution >= 4 is 0 Å². The van der Waals surface area contributed by atoms with E-state index in [4.69, 9.17) is 0 Å². The van der Waals surface area contributed by atoms with E-state index in [1.807, 2.05) is 0 Å². The summed E-state index contributed by atoms with van der Waals surface area (Å²) >= 11 is 0. The first-order valence-corrected chi connectivity index (χ1v) is 6.35. The standard InChI is InChI=1S/C9H16FN.C4H10/c1-8(10)6-9(8)4-3-5-11(2)7-9;1-3-4-2/h3-7H2,1-2H3;3-4H2,1-2H3. The summed E-state index contributed by atoms with van der Waals surface area (Å²) in [6.07, 6.45) is 5.71. The van der Waals surface area contributed by atoms with Gasteiger partial charge in [0.25, 0.3) is 0 Å². The lowest BCUT2D eigenvalue weighted by Crippen LogP contribution is -2.36. The third kappa shape index (κ3) is 2.93. The predicted molar refractivity (Wildman–Crippen MR) is 63.9 cm³/mol. The zero-order chi connectivity index (χ0) is 11.5. The minimum absolute atomic E-state index is 0.0556. The quantitative estimate of drug-likeness (QED) is 0.645. The number of piperidine rings is 1. The SMILES string of the molecule is CCCC.CN1CCCC2(C1)CC2(C)F. The Morgan fingerprint density at radius 2 is 1.80 bits per heavy atom. The first kappa shape index (κ1) is 13.0. The van der Waals surface area contributed by atoms with Gasteiger partial charge in [0.05, 0.1) is 0 Å². The van der Waals surface area contributed by atoms with Crippen molar-refractivity contribution < 1.29 is 4.39 Å². The van der Waals surface area contributed by atoms with Crippen molar-refractivity contribution in [3.05, 3.63) is 0 Å². The highest BCUT2D eigenvalue weighted by molar-refractivity contribution is 5.15. The highest BCUT2D eigenvalue weighted by atomic mass is 19.1. The molecule has 0 N–H and O–H groups in total. The molecular formula is C13H26FN. The average molecular weight is 215 g/mol. The highest BCUT2D eigenvalue weighted by Crippen LogP contribution is 2.63. The summed E-state index contributed by atoms with van der Waals surface area (Å²) in [5, 5.41) is 0. The van der Waals surface area contributed by atoms with Gasteiger partial charge >= 0.3 is 0 Å². The fourth-order valence-electron chi connectivity index (χ4n) is 2.52. The van der Waals surface area contributed by atoms with E-state index in [9.17, 15) is 4.39 Å². The smallest absolute Gasteiger partial charge is 0.115 e. The fraction of sp³-hybridized carbons (Fsp3) is 1.00. The maximum atomic E-state index is 13.5. The third-order valence-electron chi connectivity index (χ3n) is 3.92. The molecule has 2 heteroatoms. The van der Waals surface area contributed by atoms with Gasteiger partial charge in [-0.2, -0.15) is 0 Å². The Balaban J connectivity index is 0.000000245. The summed E-state index contributed by atoms with van der Waals surface area (Å²) in [5.74, 6) is 0. The molecule has 1 nitrogen and oxygen atoms in total. The van der Waals surface area contributed by atoms with Crippen molar-refractivity contribution in [3.8, 4) is 0 Å². The second-order valence-electron chi connectivity index (χ2n) is 5.50. The molecule has 2 unspecified atom stereocenters. The molecule has 1 heterocycles. The van der Waals surface area contributed by atoms with Crippen molar-refractivity contribution in [2.45, 2.75) is 58.5 Å². The van der Waals surface area contributed by atoms with Crippen LogP contribution in [0.5, 0.6) is 0 Å². The molecule has 0 aromatic heterocycles. The topological polar surface area (TPSA) is 3.24 Å². The maximum Gasteiger partial charge on any atom is 0.115 e. The molecule has 2 fully saturated rings. The van der Waals surface area contributed by atoms with Gasteiger partial charge in [0.1, 0.15) is 5.67 Å². The number of rotatable bonds is 1. The number of unbranched alkanes of at least 4 members (excludes halogenated alkanes) is 1. The molecule has 2 rings (SSSR count). The van der Waals surface area contributed by atoms with E-state index in [2.05, 4.69) is 25.8 Å². The van der Waals surface area contributed by atoms with Crippen LogP contribution < -0.4 is 0 Å². The molecule has 2 atom stereocenters. The van der Waals surface area contributed by atoms with Gasteiger partial charge in [0.2, 0.25) is 0 Å². The molecule has 0 radical (unpaired) electrons. The molecular weight excluding hydrogens is 189 g/mol. The van der Waals surface area contributed by atoms with Crippen molar-refractivity contribution in [2.24, 2.45) is 5.41 Å². The van der Waals surface area contributed by atoms with Crippen molar-refractivity contribution in [3.63, 3.8) is 0 Å². The number of halogens is 1. The molecule has 0 aromatic carbocycles. The molecule has 0 aromatic rings. The minimum atomic E-state index is -0.846. The first-order valence-electron chi connectivity index (χ1n) is 6.35. The zero-order valence-corrected chi connectivity index (χ0v) is 10.8. The van der Waals surface area contributed by atoms with Crippen LogP contribution in [-0.2, 0) is 0 Å². The van der Waals surface area contributed by atoms with E-state index >= 15 is 0 Å². The largest absolute Gasteiger partial charge is 0.306 e. The van der Waals surface area contributed by atoms with Gasteiger partial charge in [0.15, 0.2) is 0 Å². The van der Waals surface area contributed by atoms with Crippen LogP contribution >= 0.6 is 0 Å². The molecule has 90 valence electrons. The second kappa shape index (κ2) is 4.82. The van der Waals surface area contributed by atoms with Crippen molar-refractivity contribution in [2.75, 3.05) is 20.1 Å². The Kier molecular flexibility index (Phi) is 4.16. The maximum absolute atomic E-state index is 13.5. The van der Waals surface area contributed by atoms with Gasteiger partial charge in [-0.1, -0.05) is 26.7 Å². The summed E-state index contributed by atoms with van der Waals surface area (Å²) in [6, 6.07) is 0. The number of hydrogen-bond donors (Lipinski definition) is 0. The van der Waals surface area contributed by atoms with Gasteiger partial charge in [-0.3, -0.25) is 0 Å². The second-order valence-corrected chi connectivity index (χ2v) is 5.50. The Labute approximate surface area is 94.0 Å². The molecule has 1 saturated carbocycles. The molecule has 1 spiro atoms. The van der Waals surface area contributed by atoms with Gasteiger partial charge in [-0.15, -0.1) is 0 Å². The van der Waals surface area contributed by atoms with E-state index in [0.717, 1.165) is 25.9 Å². The summed E-state index contributed by atoms with van der Waals surface area (Å²) in [7, 11) is 2.09. The first-order chi connectivity index (χ1) is 6.97. The monoisotopic (exact) mass is 215 g/mol. The third-order valence-corrected chi connectivity index (χ3v) is 3.92. The van der Waals surface area contributed by atoms with Crippen LogP contribution in [0.4, 0.5) is 4.39 Å². The van der Waals surface area contributed by atoms with E-state index in [-0.39, 0.29) is 5.41 Å². The molecule has 0 bridgehead atoms. The summed E-state index contributed by atoms with van der Waals surface area (Å²) in [5.41, 5.74) is -0.790. The lowest BCUT2D eigenvalue weighted by molar-refractivity contribution is 0.134. The number of hydrogen-bond acceptors (Lipinski definition) is 1. The Morgan fingerprint density at radius 3 is 2.07 bits per heavy atom. The normalized spacial score (nSPS) is 39.8. The average Bonchev–Trinajstić information content (AvgIpc) is 2.67. The van der Waals surface area contributed by atoms with Crippen LogP contribution in [0, 0.1) is 5.41 Å². The zero-order valence-electron chi connectivity index (χ0n) is 10.8. The van der Waals surface area contributed by atoms with E-state index < -0.39 is 5.67 Å². The number of likely N-dealkylation sites (tertiary alicyclic amines) is 1. The lowest BCUT2D eigenvalue weighted by Gasteiger charge is -2.31. The molecule has 1 saturated heterocycles. The van der Waals surface area contributed by atoms with Crippen LogP contribution in [0.1, 0.15) is 52.9 Å². The highest BCUT2D eigenvalue weighted by Gasteiger charge is 2.65. The van der Waals surface area contributed by atoms with E-state index in [1.54, 1.807) is 6.92 Å². The Hall–Kier alpha value is -0.110. The summed E-state index contributed by atoms with van der Waals surface area (Å²) in [6.45, 7) is 8.24. The summed E-state index contributed by atoms with van der Waals surface area (Å²) < 4.78 is 13.5. The van der Waals surface area contributed by atoms with Gasteiger partial charge in [0, 0.05) is 12.0 Å². The van der Waals surface area contributed by atoms with Crippen molar-refractivity contribution in [1.82, 2.24) is 4.90 Å². The molecule has 15 heavy (non-hydrogen) atoms.